The second kappa shape index (κ2) is 9.41. The van der Waals surface area contributed by atoms with Crippen LogP contribution in [0.15, 0.2) is 78.0 Å². The summed E-state index contributed by atoms with van der Waals surface area (Å²) in [7, 11) is 0. The lowest BCUT2D eigenvalue weighted by atomic mass is 10.0. The maximum Gasteiger partial charge on any atom is 0.271 e. The number of carbonyl (C=O) groups excluding carboxylic acids is 1. The number of hydrogen-bond acceptors (Lipinski definition) is 4. The zero-order valence-corrected chi connectivity index (χ0v) is 18.5. The van der Waals surface area contributed by atoms with Gasteiger partial charge in [-0.25, -0.2) is 5.43 Å². The SMILES string of the molecule is CC(C)c1ccc(Cn2ccc3cc(/C=N/NC(=O)c4ccc(O)c(C#N)c4)ccc32)cc1. The summed E-state index contributed by atoms with van der Waals surface area (Å²) in [5.74, 6) is -0.101. The molecular weight excluding hydrogens is 412 g/mol. The minimum atomic E-state index is -0.460. The van der Waals surface area contributed by atoms with E-state index in [2.05, 4.69) is 65.5 Å². The molecule has 0 aliphatic carbocycles. The molecule has 0 radical (unpaired) electrons. The highest BCUT2D eigenvalue weighted by molar-refractivity contribution is 5.96. The van der Waals surface area contributed by atoms with Crippen molar-refractivity contribution in [2.45, 2.75) is 26.3 Å². The van der Waals surface area contributed by atoms with Gasteiger partial charge in [0.05, 0.1) is 11.8 Å². The number of phenolic OH excluding ortho intramolecular Hbond substituents is 1. The number of aromatic nitrogens is 1. The molecule has 164 valence electrons. The Morgan fingerprint density at radius 1 is 1.12 bits per heavy atom. The van der Waals surface area contributed by atoms with E-state index in [1.807, 2.05) is 24.3 Å². The predicted octanol–water partition coefficient (Wildman–Crippen LogP) is 5.15. The largest absolute Gasteiger partial charge is 0.507 e. The van der Waals surface area contributed by atoms with Gasteiger partial charge in [0.1, 0.15) is 11.8 Å². The molecule has 4 rings (SSSR count). The van der Waals surface area contributed by atoms with Crippen LogP contribution < -0.4 is 5.43 Å². The molecule has 0 spiro atoms. The van der Waals surface area contributed by atoms with E-state index in [1.54, 1.807) is 6.21 Å². The summed E-state index contributed by atoms with van der Waals surface area (Å²) in [5.41, 5.74) is 7.30. The molecule has 6 nitrogen and oxygen atoms in total. The van der Waals surface area contributed by atoms with Gasteiger partial charge in [0.15, 0.2) is 0 Å². The molecule has 0 aliphatic rings. The molecule has 1 heterocycles. The van der Waals surface area contributed by atoms with E-state index in [0.29, 0.717) is 5.92 Å². The van der Waals surface area contributed by atoms with Crippen LogP contribution in [-0.4, -0.2) is 21.8 Å². The number of benzene rings is 3. The third-order valence-corrected chi connectivity index (χ3v) is 5.55. The predicted molar refractivity (Wildman–Crippen MR) is 129 cm³/mol. The molecule has 33 heavy (non-hydrogen) atoms. The zero-order chi connectivity index (χ0) is 23.4. The summed E-state index contributed by atoms with van der Waals surface area (Å²) in [4.78, 5) is 12.2. The average molecular weight is 437 g/mol. The van der Waals surface area contributed by atoms with Crippen molar-refractivity contribution in [2.24, 2.45) is 5.10 Å². The molecule has 0 saturated carbocycles. The molecule has 0 fully saturated rings. The molecule has 2 N–H and O–H groups in total. The van der Waals surface area contributed by atoms with Crippen LogP contribution in [0, 0.1) is 11.3 Å². The smallest absolute Gasteiger partial charge is 0.271 e. The highest BCUT2D eigenvalue weighted by Gasteiger charge is 2.08. The van der Waals surface area contributed by atoms with Gasteiger partial charge in [-0.1, -0.05) is 44.2 Å². The maximum absolute atomic E-state index is 12.2. The monoisotopic (exact) mass is 436 g/mol. The fourth-order valence-electron chi connectivity index (χ4n) is 3.64. The van der Waals surface area contributed by atoms with E-state index in [4.69, 9.17) is 5.26 Å². The van der Waals surface area contributed by atoms with E-state index >= 15 is 0 Å². The van der Waals surface area contributed by atoms with Crippen LogP contribution >= 0.6 is 0 Å². The van der Waals surface area contributed by atoms with Crippen molar-refractivity contribution in [3.63, 3.8) is 0 Å². The number of phenols is 1. The molecule has 1 aromatic heterocycles. The van der Waals surface area contributed by atoms with Gasteiger partial charge < -0.3 is 9.67 Å². The Hall–Kier alpha value is -4.37. The summed E-state index contributed by atoms with van der Waals surface area (Å²) in [6.45, 7) is 5.18. The van der Waals surface area contributed by atoms with Crippen molar-refractivity contribution in [2.75, 3.05) is 0 Å². The van der Waals surface area contributed by atoms with Crippen molar-refractivity contribution in [1.29, 1.82) is 5.26 Å². The van der Waals surface area contributed by atoms with E-state index in [0.717, 1.165) is 23.0 Å². The first kappa shape index (κ1) is 21.8. The fraction of sp³-hybridized carbons (Fsp3) is 0.148. The van der Waals surface area contributed by atoms with E-state index in [9.17, 15) is 9.90 Å². The normalized spacial score (nSPS) is 11.2. The number of rotatable bonds is 6. The van der Waals surface area contributed by atoms with Crippen LogP contribution in [0.2, 0.25) is 0 Å². The molecule has 6 heteroatoms. The second-order valence-electron chi connectivity index (χ2n) is 8.20. The van der Waals surface area contributed by atoms with Crippen molar-refractivity contribution >= 4 is 23.0 Å². The Kier molecular flexibility index (Phi) is 6.23. The molecule has 0 aliphatic heterocycles. The molecule has 0 unspecified atom stereocenters. The highest BCUT2D eigenvalue weighted by Crippen LogP contribution is 2.20. The van der Waals surface area contributed by atoms with Crippen LogP contribution in [0.4, 0.5) is 0 Å². The molecule has 4 aromatic rings. The first-order valence-electron chi connectivity index (χ1n) is 10.7. The summed E-state index contributed by atoms with van der Waals surface area (Å²) in [6, 6.07) is 22.7. The summed E-state index contributed by atoms with van der Waals surface area (Å²) < 4.78 is 2.21. The third-order valence-electron chi connectivity index (χ3n) is 5.55. The van der Waals surface area contributed by atoms with Gasteiger partial charge in [0, 0.05) is 29.2 Å². The van der Waals surface area contributed by atoms with Gasteiger partial charge >= 0.3 is 0 Å². The number of nitrogens with one attached hydrogen (secondary N) is 1. The van der Waals surface area contributed by atoms with Crippen LogP contribution in [0.5, 0.6) is 5.75 Å². The Labute approximate surface area is 192 Å². The van der Waals surface area contributed by atoms with Gasteiger partial charge in [0.25, 0.3) is 5.91 Å². The van der Waals surface area contributed by atoms with Crippen molar-refractivity contribution in [1.82, 2.24) is 9.99 Å². The Morgan fingerprint density at radius 3 is 2.64 bits per heavy atom. The molecule has 3 aromatic carbocycles. The number of aromatic hydroxyl groups is 1. The average Bonchev–Trinajstić information content (AvgIpc) is 3.21. The van der Waals surface area contributed by atoms with Crippen LogP contribution in [0.1, 0.15) is 52.4 Å². The summed E-state index contributed by atoms with van der Waals surface area (Å²) in [5, 5.41) is 23.6. The molecule has 0 bridgehead atoms. The number of carbonyl (C=O) groups is 1. The van der Waals surface area contributed by atoms with E-state index in [1.165, 1.54) is 29.3 Å². The van der Waals surface area contributed by atoms with Gasteiger partial charge in [-0.05, 0) is 59.0 Å². The number of amides is 1. The summed E-state index contributed by atoms with van der Waals surface area (Å²) >= 11 is 0. The molecule has 1 amide bonds. The zero-order valence-electron chi connectivity index (χ0n) is 18.5. The first-order chi connectivity index (χ1) is 15.9. The van der Waals surface area contributed by atoms with Gasteiger partial charge in [-0.15, -0.1) is 0 Å². The quantitative estimate of drug-likeness (QED) is 0.323. The highest BCUT2D eigenvalue weighted by atomic mass is 16.3. The van der Waals surface area contributed by atoms with Gasteiger partial charge in [-0.2, -0.15) is 10.4 Å². The lowest BCUT2D eigenvalue weighted by Gasteiger charge is -2.09. The van der Waals surface area contributed by atoms with Crippen molar-refractivity contribution in [3.05, 3.63) is 101 Å². The van der Waals surface area contributed by atoms with Crippen molar-refractivity contribution < 1.29 is 9.90 Å². The standard InChI is InChI=1S/C27H24N4O2/c1-18(2)21-6-3-19(4-7-21)17-31-12-11-22-13-20(5-9-25(22)31)16-29-30-27(33)23-8-10-26(32)24(14-23)15-28/h3-14,16,18,32H,17H2,1-2H3,(H,30,33)/b29-16+. The van der Waals surface area contributed by atoms with Gasteiger partial charge in [0.2, 0.25) is 0 Å². The lowest BCUT2D eigenvalue weighted by molar-refractivity contribution is 0.0955. The number of nitriles is 1. The van der Waals surface area contributed by atoms with Crippen LogP contribution in [0.25, 0.3) is 10.9 Å². The van der Waals surface area contributed by atoms with Crippen LogP contribution in [0.3, 0.4) is 0 Å². The number of fused-ring (bicyclic) bond motifs is 1. The number of nitrogens with zero attached hydrogens (tertiary/aromatic N) is 3. The van der Waals surface area contributed by atoms with Crippen molar-refractivity contribution in [3.8, 4) is 11.8 Å². The number of hydrogen-bond donors (Lipinski definition) is 2. The Morgan fingerprint density at radius 2 is 1.91 bits per heavy atom. The van der Waals surface area contributed by atoms with Crippen LogP contribution in [-0.2, 0) is 6.54 Å². The third kappa shape index (κ3) is 4.94. The van der Waals surface area contributed by atoms with Gasteiger partial charge in [-0.3, -0.25) is 4.79 Å². The number of hydrazone groups is 1. The lowest BCUT2D eigenvalue weighted by Crippen LogP contribution is -2.17. The Balaban J connectivity index is 1.44. The first-order valence-corrected chi connectivity index (χ1v) is 10.7. The maximum atomic E-state index is 12.2. The molecule has 0 atom stereocenters. The summed E-state index contributed by atoms with van der Waals surface area (Å²) in [6.07, 6.45) is 3.65. The topological polar surface area (TPSA) is 90.4 Å². The molecule has 0 saturated heterocycles. The second-order valence-corrected chi connectivity index (χ2v) is 8.20. The minimum absolute atomic E-state index is 0.0393. The fourth-order valence-corrected chi connectivity index (χ4v) is 3.64. The van der Waals surface area contributed by atoms with E-state index in [-0.39, 0.29) is 16.9 Å². The minimum Gasteiger partial charge on any atom is -0.507 e. The van der Waals surface area contributed by atoms with E-state index < -0.39 is 5.91 Å². The molecular formula is C27H24N4O2. The Bertz CT molecular complexity index is 1380.